The summed E-state index contributed by atoms with van der Waals surface area (Å²) in [6.07, 6.45) is 1.12. The standard InChI is InChI=1S/C4H11N.6CH4/c1-3-4-5-2;;;;;;/h5H,3-4H2,1-2H3;6*1H4/i2D;;;;;;. The predicted octanol–water partition coefficient (Wildman–Crippen LogP) is 4.43. The van der Waals surface area contributed by atoms with Gasteiger partial charge in [-0.05, 0) is 20.0 Å². The maximum Gasteiger partial charge on any atom is 0.0391 e. The van der Waals surface area contributed by atoms with Gasteiger partial charge in [0, 0.05) is 1.37 Å². The molecule has 0 aliphatic heterocycles. The number of hydrogen-bond acceptors (Lipinski definition) is 1. The lowest BCUT2D eigenvalue weighted by atomic mass is 10.5. The third-order valence-corrected chi connectivity index (χ3v) is 0.427. The normalized spacial score (nSPS) is 5.00. The molecule has 1 nitrogen and oxygen atoms in total. The van der Waals surface area contributed by atoms with Crippen LogP contribution in [0.5, 0.6) is 0 Å². The molecule has 0 aromatic carbocycles. The summed E-state index contributed by atoms with van der Waals surface area (Å²) in [5, 5.41) is 2.86. The van der Waals surface area contributed by atoms with Crippen molar-refractivity contribution in [1.29, 1.82) is 0 Å². The number of nitrogens with one attached hydrogen (secondary N) is 1. The molecule has 0 atom stereocenters. The molecule has 11 heavy (non-hydrogen) atoms. The van der Waals surface area contributed by atoms with E-state index in [4.69, 9.17) is 1.37 Å². The molecule has 0 unspecified atom stereocenters. The van der Waals surface area contributed by atoms with E-state index >= 15 is 0 Å². The van der Waals surface area contributed by atoms with Gasteiger partial charge in [-0.2, -0.15) is 0 Å². The van der Waals surface area contributed by atoms with Crippen LogP contribution in [-0.2, 0) is 0 Å². The topological polar surface area (TPSA) is 12.0 Å². The molecule has 1 N–H and O–H groups in total. The molecule has 0 aliphatic rings. The Morgan fingerprint density at radius 2 is 1.36 bits per heavy atom. The van der Waals surface area contributed by atoms with Crippen LogP contribution in [0.4, 0.5) is 0 Å². The van der Waals surface area contributed by atoms with Gasteiger partial charge in [0.25, 0.3) is 0 Å². The van der Waals surface area contributed by atoms with Gasteiger partial charge >= 0.3 is 0 Å². The summed E-state index contributed by atoms with van der Waals surface area (Å²) in [5.74, 6) is 0. The fraction of sp³-hybridized carbons (Fsp3) is 1.00. The molecular weight excluding hydrogens is 134 g/mol. The zero-order valence-corrected chi connectivity index (χ0v) is 3.62. The summed E-state index contributed by atoms with van der Waals surface area (Å²) >= 11 is 0. The Morgan fingerprint density at radius 1 is 1.00 bits per heavy atom. The summed E-state index contributed by atoms with van der Waals surface area (Å²) in [6.45, 7) is 3.06. The lowest BCUT2D eigenvalue weighted by molar-refractivity contribution is 0.772. The zero-order chi connectivity index (χ0) is 4.83. The van der Waals surface area contributed by atoms with Crippen molar-refractivity contribution in [2.45, 2.75) is 57.9 Å². The first kappa shape index (κ1) is 44.2. The third kappa shape index (κ3) is 164. The zero-order valence-electron chi connectivity index (χ0n) is 4.62. The summed E-state index contributed by atoms with van der Waals surface area (Å²) in [6, 6.07) is 0. The van der Waals surface area contributed by atoms with Crippen molar-refractivity contribution in [1.82, 2.24) is 5.32 Å². The first-order valence-corrected chi connectivity index (χ1v) is 1.91. The minimum atomic E-state index is 0. The van der Waals surface area contributed by atoms with E-state index in [0.717, 1.165) is 13.0 Å². The quantitative estimate of drug-likeness (QED) is 0.604. The van der Waals surface area contributed by atoms with Gasteiger partial charge in [0.15, 0.2) is 0 Å². The fourth-order valence-corrected chi connectivity index (χ4v) is 0.177. The molecule has 0 heterocycles. The van der Waals surface area contributed by atoms with Gasteiger partial charge in [0.05, 0.1) is 0 Å². The number of rotatable bonds is 2. The van der Waals surface area contributed by atoms with E-state index in [1.165, 1.54) is 0 Å². The molecule has 0 radical (unpaired) electrons. The van der Waals surface area contributed by atoms with E-state index in [1.54, 1.807) is 0 Å². The molecule has 80 valence electrons. The van der Waals surface area contributed by atoms with Crippen molar-refractivity contribution >= 4 is 0 Å². The SMILES string of the molecule is C.C.C.C.C.C.[2H]CNCCC. The Labute approximate surface area is 79.0 Å². The van der Waals surface area contributed by atoms with Gasteiger partial charge in [-0.1, -0.05) is 51.5 Å². The smallest absolute Gasteiger partial charge is 0.0391 e. The van der Waals surface area contributed by atoms with E-state index in [0.29, 0.717) is 7.02 Å². The van der Waals surface area contributed by atoms with Crippen LogP contribution in [0.1, 0.15) is 59.3 Å². The second kappa shape index (κ2) is 91.3. The first-order chi connectivity index (χ1) is 2.91. The molecule has 0 saturated carbocycles. The Morgan fingerprint density at radius 3 is 1.45 bits per heavy atom. The van der Waals surface area contributed by atoms with E-state index in [9.17, 15) is 0 Å². The van der Waals surface area contributed by atoms with Crippen LogP contribution in [0.2, 0.25) is 0 Å². The van der Waals surface area contributed by atoms with E-state index in [2.05, 4.69) is 12.2 Å². The lowest BCUT2D eigenvalue weighted by Crippen LogP contribution is -2.04. The van der Waals surface area contributed by atoms with Crippen molar-refractivity contribution in [3.8, 4) is 0 Å². The molecule has 0 amide bonds. The van der Waals surface area contributed by atoms with Crippen LogP contribution >= 0.6 is 0 Å². The summed E-state index contributed by atoms with van der Waals surface area (Å²) in [5.41, 5.74) is 0. The molecule has 0 aromatic heterocycles. The van der Waals surface area contributed by atoms with Gasteiger partial charge in [-0.15, -0.1) is 0 Å². The molecule has 0 saturated heterocycles. The van der Waals surface area contributed by atoms with E-state index in [1.807, 2.05) is 0 Å². The summed E-state index contributed by atoms with van der Waals surface area (Å²) < 4.78 is 6.59. The average Bonchev–Trinajstić information content (AvgIpc) is 1.61. The average molecular weight is 170 g/mol. The number of hydrogen-bond donors (Lipinski definition) is 1. The molecule has 0 aliphatic carbocycles. The highest BCUT2D eigenvalue weighted by atomic mass is 14.8. The summed E-state index contributed by atoms with van der Waals surface area (Å²) in [7, 11) is 0.355. The highest BCUT2D eigenvalue weighted by molar-refractivity contribution is 4.28. The van der Waals surface area contributed by atoms with Crippen molar-refractivity contribution in [2.75, 3.05) is 13.6 Å². The van der Waals surface area contributed by atoms with Crippen LogP contribution in [-0.4, -0.2) is 13.6 Å². The minimum Gasteiger partial charge on any atom is -0.320 e. The lowest BCUT2D eigenvalue weighted by Gasteiger charge is -1.84. The maximum atomic E-state index is 6.59. The second-order valence-electron chi connectivity index (χ2n) is 1.000. The van der Waals surface area contributed by atoms with E-state index < -0.39 is 0 Å². The molecule has 0 spiro atoms. The molecule has 0 bridgehead atoms. The van der Waals surface area contributed by atoms with Gasteiger partial charge in [0.1, 0.15) is 0 Å². The van der Waals surface area contributed by atoms with Gasteiger partial charge < -0.3 is 5.32 Å². The van der Waals surface area contributed by atoms with Crippen molar-refractivity contribution in [3.05, 3.63) is 0 Å². The van der Waals surface area contributed by atoms with Gasteiger partial charge in [-0.25, -0.2) is 0 Å². The van der Waals surface area contributed by atoms with Crippen LogP contribution in [0.3, 0.4) is 0 Å². The van der Waals surface area contributed by atoms with E-state index in [-0.39, 0.29) is 44.6 Å². The van der Waals surface area contributed by atoms with Crippen molar-refractivity contribution in [3.63, 3.8) is 0 Å². The second-order valence-corrected chi connectivity index (χ2v) is 1.000. The van der Waals surface area contributed by atoms with Gasteiger partial charge in [0.2, 0.25) is 0 Å². The third-order valence-electron chi connectivity index (χ3n) is 0.427. The molecular formula is C10H35N. The Balaban J connectivity index is -0.00000000833. The Bertz CT molecular complexity index is 21.8. The maximum absolute atomic E-state index is 6.59. The Hall–Kier alpha value is -0.0400. The van der Waals surface area contributed by atoms with Crippen molar-refractivity contribution in [2.24, 2.45) is 0 Å². The monoisotopic (exact) mass is 170 g/mol. The molecule has 1 heteroatoms. The first-order valence-electron chi connectivity index (χ1n) is 2.62. The van der Waals surface area contributed by atoms with Crippen molar-refractivity contribution < 1.29 is 1.37 Å². The molecule has 0 fully saturated rings. The van der Waals surface area contributed by atoms with Crippen LogP contribution in [0.25, 0.3) is 0 Å². The van der Waals surface area contributed by atoms with Gasteiger partial charge in [-0.3, -0.25) is 0 Å². The molecule has 0 aromatic rings. The van der Waals surface area contributed by atoms with Crippen LogP contribution in [0.15, 0.2) is 0 Å². The largest absolute Gasteiger partial charge is 0.320 e. The summed E-state index contributed by atoms with van der Waals surface area (Å²) in [4.78, 5) is 0. The highest BCUT2D eigenvalue weighted by Crippen LogP contribution is 1.62. The highest BCUT2D eigenvalue weighted by Gasteiger charge is 1.64. The van der Waals surface area contributed by atoms with Crippen LogP contribution < -0.4 is 5.32 Å². The molecule has 0 rings (SSSR count). The Kier molecular flexibility index (Phi) is 367. The fourth-order valence-electron chi connectivity index (χ4n) is 0.177. The minimum absolute atomic E-state index is 0. The van der Waals surface area contributed by atoms with Crippen LogP contribution in [0, 0.1) is 0 Å². The predicted molar refractivity (Wildman–Crippen MR) is 64.6 cm³/mol.